The quantitative estimate of drug-likeness (QED) is 0.324. The number of aromatic nitrogens is 3. The lowest BCUT2D eigenvalue weighted by Crippen LogP contribution is -2.42. The molecule has 35 heavy (non-hydrogen) atoms. The molecule has 12 heteroatoms. The summed E-state index contributed by atoms with van der Waals surface area (Å²) >= 11 is 0.787. The zero-order valence-corrected chi connectivity index (χ0v) is 20.5. The molecule has 2 aromatic heterocycles. The van der Waals surface area contributed by atoms with E-state index in [4.69, 9.17) is 9.47 Å². The first-order chi connectivity index (χ1) is 16.7. The van der Waals surface area contributed by atoms with Crippen LogP contribution < -0.4 is 14.3 Å². The molecule has 2 heterocycles. The van der Waals surface area contributed by atoms with Gasteiger partial charge >= 0.3 is 10.8 Å². The molecule has 0 unspecified atom stereocenters. The van der Waals surface area contributed by atoms with E-state index in [1.165, 1.54) is 24.3 Å². The number of hydrogen-bond acceptors (Lipinski definition) is 9. The van der Waals surface area contributed by atoms with E-state index in [0.29, 0.717) is 5.75 Å². The molecule has 0 saturated carbocycles. The molecule has 1 atom stereocenters. The summed E-state index contributed by atoms with van der Waals surface area (Å²) in [5, 5.41) is 7.27. The van der Waals surface area contributed by atoms with E-state index in [1.54, 1.807) is 0 Å². The first kappa shape index (κ1) is 24.5. The highest BCUT2D eigenvalue weighted by atomic mass is 32.2. The fourth-order valence-electron chi connectivity index (χ4n) is 3.48. The van der Waals surface area contributed by atoms with E-state index >= 15 is 0 Å². The molecule has 0 fully saturated rings. The van der Waals surface area contributed by atoms with E-state index in [0.717, 1.165) is 40.6 Å². The van der Waals surface area contributed by atoms with Crippen LogP contribution in [0.15, 0.2) is 64.3 Å². The number of aryl methyl sites for hydroxylation is 1. The third-order valence-corrected chi connectivity index (χ3v) is 7.36. The second kappa shape index (κ2) is 10.3. The molecule has 2 N–H and O–H groups in total. The van der Waals surface area contributed by atoms with Crippen molar-refractivity contribution >= 4 is 38.2 Å². The molecular formula is C23H22N4O6S2. The Morgan fingerprint density at radius 3 is 2.60 bits per heavy atom. The van der Waals surface area contributed by atoms with Crippen LogP contribution in [0.25, 0.3) is 10.9 Å². The molecule has 0 bridgehead atoms. The van der Waals surface area contributed by atoms with Gasteiger partial charge in [-0.3, -0.25) is 14.6 Å². The zero-order chi connectivity index (χ0) is 25.0. The minimum atomic E-state index is -4.07. The Labute approximate surface area is 205 Å². The van der Waals surface area contributed by atoms with Crippen LogP contribution in [0.3, 0.4) is 0 Å². The number of carbonyl (C=O) groups excluding carboxylic acids is 1. The summed E-state index contributed by atoms with van der Waals surface area (Å²) in [6.07, 6.45) is -0.129. The maximum absolute atomic E-state index is 12.9. The number of carbonyl (C=O) groups is 1. The highest BCUT2D eigenvalue weighted by Gasteiger charge is 2.28. The van der Waals surface area contributed by atoms with Gasteiger partial charge in [-0.25, -0.2) is 13.5 Å². The number of nitrogens with one attached hydrogen (secondary N) is 2. The molecule has 0 saturated heterocycles. The molecule has 0 aliphatic rings. The van der Waals surface area contributed by atoms with Crippen molar-refractivity contribution in [1.29, 1.82) is 0 Å². The molecule has 4 rings (SSSR count). The fourth-order valence-corrected chi connectivity index (χ4v) is 5.31. The van der Waals surface area contributed by atoms with Crippen molar-refractivity contribution < 1.29 is 22.7 Å². The number of ether oxygens (including phenoxy) is 2. The number of nitrogens with zero attached hydrogens (tertiary/aromatic N) is 2. The van der Waals surface area contributed by atoms with Gasteiger partial charge < -0.3 is 9.47 Å². The monoisotopic (exact) mass is 514 g/mol. The molecule has 0 amide bonds. The number of H-pyrrole nitrogens is 1. The van der Waals surface area contributed by atoms with Crippen molar-refractivity contribution in [1.82, 2.24) is 19.9 Å². The molecular weight excluding hydrogens is 492 g/mol. The van der Waals surface area contributed by atoms with Crippen LogP contribution in [0, 0.1) is 6.92 Å². The van der Waals surface area contributed by atoms with Gasteiger partial charge in [0.1, 0.15) is 23.4 Å². The highest BCUT2D eigenvalue weighted by Crippen LogP contribution is 2.22. The Balaban J connectivity index is 1.47. The number of fused-ring (bicyclic) bond motifs is 1. The van der Waals surface area contributed by atoms with E-state index < -0.39 is 26.9 Å². The summed E-state index contributed by atoms with van der Waals surface area (Å²) in [5.74, 6) is -0.315. The Kier molecular flexibility index (Phi) is 7.24. The lowest BCUT2D eigenvalue weighted by Gasteiger charge is -2.16. The predicted molar refractivity (Wildman–Crippen MR) is 130 cm³/mol. The van der Waals surface area contributed by atoms with Crippen molar-refractivity contribution in [2.24, 2.45) is 0 Å². The summed E-state index contributed by atoms with van der Waals surface area (Å²) < 4.78 is 38.7. The van der Waals surface area contributed by atoms with Crippen molar-refractivity contribution in [2.45, 2.75) is 30.9 Å². The van der Waals surface area contributed by atoms with Gasteiger partial charge in [-0.1, -0.05) is 29.5 Å². The average molecular weight is 515 g/mol. The van der Waals surface area contributed by atoms with Gasteiger partial charge in [0, 0.05) is 23.1 Å². The summed E-state index contributed by atoms with van der Waals surface area (Å²) in [5.41, 5.74) is 2.71. The summed E-state index contributed by atoms with van der Waals surface area (Å²) in [4.78, 5) is 27.5. The topological polar surface area (TPSA) is 140 Å². The van der Waals surface area contributed by atoms with Crippen LogP contribution in [0.2, 0.25) is 0 Å². The van der Waals surface area contributed by atoms with Crippen LogP contribution >= 0.6 is 11.3 Å². The Morgan fingerprint density at radius 2 is 1.91 bits per heavy atom. The molecule has 182 valence electrons. The summed E-state index contributed by atoms with van der Waals surface area (Å²) in [6, 6.07) is 14.3. The Hall–Kier alpha value is -3.61. The van der Waals surface area contributed by atoms with Gasteiger partial charge in [0.25, 0.3) is 0 Å². The third kappa shape index (κ3) is 5.91. The molecule has 0 radical (unpaired) electrons. The highest BCUT2D eigenvalue weighted by molar-refractivity contribution is 7.89. The summed E-state index contributed by atoms with van der Waals surface area (Å²) in [7, 11) is -2.92. The summed E-state index contributed by atoms with van der Waals surface area (Å²) in [6.45, 7) is 2.20. The second-order valence-corrected chi connectivity index (χ2v) is 10.4. The number of para-hydroxylation sites is 1. The third-order valence-electron chi connectivity index (χ3n) is 5.10. The first-order valence-electron chi connectivity index (χ1n) is 10.5. The van der Waals surface area contributed by atoms with Gasteiger partial charge in [-0.15, -0.1) is 0 Å². The molecule has 2 aromatic carbocycles. The predicted octanol–water partition coefficient (Wildman–Crippen LogP) is 2.33. The smallest absolute Gasteiger partial charge is 0.324 e. The standard InChI is InChI=1S/C23H22N4O6S2/c1-14-11-15(18-5-3-4-6-19(18)24-14)13-33-16-7-9-17(10-8-16)35(30,31)27-20(22(28)32-2)12-21-25-26-23(29)34-21/h3-11,20,27H,12-13H2,1-2H3,(H,26,29)/t20-/m1/s1. The van der Waals surface area contributed by atoms with Crippen LogP contribution in [0.4, 0.5) is 0 Å². The fraction of sp³-hybridized carbons (Fsp3) is 0.217. The first-order valence-corrected chi connectivity index (χ1v) is 12.8. The molecule has 10 nitrogen and oxygen atoms in total. The number of methoxy groups -OCH3 is 1. The van der Waals surface area contributed by atoms with Gasteiger partial charge in [-0.05, 0) is 43.3 Å². The van der Waals surface area contributed by atoms with Crippen molar-refractivity contribution in [3.63, 3.8) is 0 Å². The van der Waals surface area contributed by atoms with Crippen molar-refractivity contribution in [2.75, 3.05) is 7.11 Å². The van der Waals surface area contributed by atoms with Crippen molar-refractivity contribution in [3.8, 4) is 5.75 Å². The van der Waals surface area contributed by atoms with E-state index in [-0.39, 0.29) is 22.9 Å². The maximum Gasteiger partial charge on any atom is 0.324 e. The number of esters is 1. The lowest BCUT2D eigenvalue weighted by molar-refractivity contribution is -0.142. The number of hydrogen-bond donors (Lipinski definition) is 2. The lowest BCUT2D eigenvalue weighted by atomic mass is 10.1. The van der Waals surface area contributed by atoms with Crippen LogP contribution in [-0.2, 0) is 32.6 Å². The van der Waals surface area contributed by atoms with Gasteiger partial charge in [0.2, 0.25) is 10.0 Å². The second-order valence-electron chi connectivity index (χ2n) is 7.61. The van der Waals surface area contributed by atoms with Crippen LogP contribution in [0.1, 0.15) is 16.3 Å². The number of pyridine rings is 1. The minimum Gasteiger partial charge on any atom is -0.489 e. The SMILES string of the molecule is COC(=O)[C@@H](Cc1n[nH]c(=O)s1)NS(=O)(=O)c1ccc(OCc2cc(C)nc3ccccc23)cc1. The maximum atomic E-state index is 12.9. The van der Waals surface area contributed by atoms with E-state index in [2.05, 4.69) is 19.9 Å². The number of rotatable bonds is 9. The average Bonchev–Trinajstić information content (AvgIpc) is 3.26. The molecule has 4 aromatic rings. The van der Waals surface area contributed by atoms with Crippen molar-refractivity contribution in [3.05, 3.63) is 80.5 Å². The molecule has 0 spiro atoms. The zero-order valence-electron chi connectivity index (χ0n) is 18.8. The van der Waals surface area contributed by atoms with Crippen LogP contribution in [-0.4, -0.2) is 42.7 Å². The van der Waals surface area contributed by atoms with Gasteiger partial charge in [0.05, 0.1) is 17.5 Å². The van der Waals surface area contributed by atoms with Crippen LogP contribution in [0.5, 0.6) is 5.75 Å². The number of sulfonamides is 1. The molecule has 0 aliphatic heterocycles. The number of benzene rings is 2. The Morgan fingerprint density at radius 1 is 1.17 bits per heavy atom. The number of aromatic amines is 1. The van der Waals surface area contributed by atoms with Gasteiger partial charge in [0.15, 0.2) is 0 Å². The van der Waals surface area contributed by atoms with Gasteiger partial charge in [-0.2, -0.15) is 9.82 Å². The van der Waals surface area contributed by atoms with E-state index in [1.807, 2.05) is 37.3 Å². The largest absolute Gasteiger partial charge is 0.489 e. The van der Waals surface area contributed by atoms with E-state index in [9.17, 15) is 18.0 Å². The minimum absolute atomic E-state index is 0.0563. The Bertz CT molecular complexity index is 1510. The normalized spacial score (nSPS) is 12.4. The molecule has 0 aliphatic carbocycles.